The zero-order valence-electron chi connectivity index (χ0n) is 65.0. The zero-order valence-corrected chi connectivity index (χ0v) is 65.0. The summed E-state index contributed by atoms with van der Waals surface area (Å²) >= 11 is 0. The third-order valence-corrected chi connectivity index (χ3v) is 19.2. The lowest BCUT2D eigenvalue weighted by Crippen LogP contribution is -2.57. The van der Waals surface area contributed by atoms with Crippen LogP contribution in [-0.4, -0.2) is 144 Å². The largest absolute Gasteiger partial charge is 0.460 e. The van der Waals surface area contributed by atoms with E-state index >= 15 is 81.5 Å². The number of imide groups is 2. The van der Waals surface area contributed by atoms with E-state index in [1.54, 1.807) is 0 Å². The number of ether oxygens (including phenoxy) is 8. The van der Waals surface area contributed by atoms with Crippen molar-refractivity contribution in [3.05, 3.63) is 214 Å². The lowest BCUT2D eigenvalue weighted by Gasteiger charge is -2.39. The van der Waals surface area contributed by atoms with Gasteiger partial charge in [-0.15, -0.1) is 0 Å². The predicted molar refractivity (Wildman–Crippen MR) is 408 cm³/mol. The Morgan fingerprint density at radius 2 is 0.542 bits per heavy atom. The summed E-state index contributed by atoms with van der Waals surface area (Å²) in [5.74, 6) is -20.4. The fraction of sp³-hybridized carbons (Fsp3) is 0.279. The number of nitrogens with zero attached hydrogens (tertiary/aromatic N) is 4. The molecule has 34 heteroatoms. The van der Waals surface area contributed by atoms with Gasteiger partial charge in [0.05, 0.1) is 70.7 Å². The van der Waals surface area contributed by atoms with Crippen molar-refractivity contribution in [3.8, 4) is 46.0 Å². The molecule has 0 fully saturated rings. The van der Waals surface area contributed by atoms with Crippen LogP contribution in [0.2, 0.25) is 0 Å². The first-order valence-corrected chi connectivity index (χ1v) is 36.6. The average Bonchev–Trinajstić information content (AvgIpc) is 0.668. The van der Waals surface area contributed by atoms with E-state index in [1.807, 2.05) is 0 Å². The van der Waals surface area contributed by atoms with Gasteiger partial charge in [0.2, 0.25) is 11.8 Å². The van der Waals surface area contributed by atoms with Gasteiger partial charge in [0.25, 0.3) is 23.6 Å². The Hall–Kier alpha value is -13.3. The summed E-state index contributed by atoms with van der Waals surface area (Å²) in [6, 6.07) is 11.2. The lowest BCUT2D eigenvalue weighted by atomic mass is 9.80. The average molecular weight is 1680 g/mol. The third kappa shape index (κ3) is 17.9. The summed E-state index contributed by atoms with van der Waals surface area (Å²) in [5.41, 5.74) is -8.78. The van der Waals surface area contributed by atoms with Gasteiger partial charge in [0.1, 0.15) is 84.5 Å². The SMILES string of the molecule is C=C(C)C(=O)OCCN(CCOC(=O)C(=C)C)C(=O)C(C(C)C)N1C(=O)c2cc(Oc3cccc(C(F)(F)F)c3)c3c4c(Oc5cccc(C(F)(F)F)c5)cc5c6c(cc(Oc7cccc(C(F)(F)F)c7)c(c7c(Oc8cccc(C(F)(F)F)c8)cc(c2c37)C1=O)c64)C(=O)N(C(C(=O)N(CCOC(=O)C(=C)C)CCOC(=O)C(=C)C)C(C)C)C5=O. The Kier molecular flexibility index (Phi) is 24.8. The third-order valence-electron chi connectivity index (χ3n) is 19.2. The summed E-state index contributed by atoms with van der Waals surface area (Å²) in [6.45, 7) is 20.3. The van der Waals surface area contributed by atoms with E-state index in [0.29, 0.717) is 58.3 Å². The maximum atomic E-state index is 16.4. The highest BCUT2D eigenvalue weighted by atomic mass is 19.4. The maximum Gasteiger partial charge on any atom is 0.416 e. The molecule has 2 unspecified atom stereocenters. The van der Waals surface area contributed by atoms with Crippen LogP contribution in [-0.2, 0) is 72.4 Å². The number of hydrogen-bond acceptors (Lipinski definition) is 18. The number of fused-ring (bicyclic) bond motifs is 2. The van der Waals surface area contributed by atoms with Gasteiger partial charge in [0, 0.05) is 65.4 Å². The Morgan fingerprint density at radius 3 is 0.725 bits per heavy atom. The number of rotatable bonds is 30. The van der Waals surface area contributed by atoms with E-state index in [9.17, 15) is 19.2 Å². The van der Waals surface area contributed by atoms with Crippen molar-refractivity contribution in [3.63, 3.8) is 0 Å². The van der Waals surface area contributed by atoms with E-state index in [2.05, 4.69) is 26.3 Å². The molecule has 2 atom stereocenters. The van der Waals surface area contributed by atoms with Crippen molar-refractivity contribution in [1.29, 1.82) is 0 Å². The number of halogens is 12. The molecule has 9 aromatic rings. The van der Waals surface area contributed by atoms with Gasteiger partial charge in [-0.3, -0.25) is 38.6 Å². The number of carbonyl (C=O) groups is 10. The van der Waals surface area contributed by atoms with E-state index < -0.39 is 294 Å². The zero-order chi connectivity index (χ0) is 88.0. The number of hydrogen-bond donors (Lipinski definition) is 0. The van der Waals surface area contributed by atoms with Gasteiger partial charge >= 0.3 is 48.6 Å². The minimum atomic E-state index is -5.17. The molecule has 6 amide bonds. The van der Waals surface area contributed by atoms with Crippen LogP contribution in [0.3, 0.4) is 0 Å². The molecule has 0 spiro atoms. The van der Waals surface area contributed by atoms with Crippen molar-refractivity contribution in [1.82, 2.24) is 19.6 Å². The quantitative estimate of drug-likeness (QED) is 0.00771. The number of benzene rings is 9. The first-order chi connectivity index (χ1) is 56.2. The molecule has 0 aromatic heterocycles. The molecule has 0 aliphatic carbocycles. The van der Waals surface area contributed by atoms with Gasteiger partial charge in [-0.2, -0.15) is 52.7 Å². The second kappa shape index (κ2) is 34.0. The van der Waals surface area contributed by atoms with Gasteiger partial charge in [0.15, 0.2) is 0 Å². The molecular weight excluding hydrogens is 1600 g/mol. The summed E-state index contributed by atoms with van der Waals surface area (Å²) in [7, 11) is 0. The molecule has 22 nitrogen and oxygen atoms in total. The predicted octanol–water partition coefficient (Wildman–Crippen LogP) is 18.4. The first-order valence-electron chi connectivity index (χ1n) is 36.6. The monoisotopic (exact) mass is 1680 g/mol. The van der Waals surface area contributed by atoms with Gasteiger partial charge < -0.3 is 47.7 Å². The molecule has 9 aromatic carbocycles. The molecule has 628 valence electrons. The standard InChI is InChI=1S/C86H72F12N4O18/c1-41(2)71(77(107)99(25-29-113-79(109)43(5)6)26-30-114-80(110)44(7)8)101-73(103)55-37-59(117-51-21-13-17-47(33-51)83(87,88)89)65-67-61(119-53-23-15-19-49(35-53)85(93,94)95)39-57-64-58(76(106)102(75(57)105)72(42(3)4)78(108)100(27-31-115-81(111)45(9)10)28-32-116-82(112)46(11)12)40-62(120-54-24-16-20-50(36-54)86(96,97)98)68(70(64)67)66-60(38-56(74(101)104)63(55)69(65)66)118-52-22-14-18-48(34-52)84(90,91)92/h13-24,33-42,71-72H,5,7,9,11,25-32H2,1-4,6,8,10,12H3. The molecule has 2 heterocycles. The van der Waals surface area contributed by atoms with Crippen LogP contribution >= 0.6 is 0 Å². The highest BCUT2D eigenvalue weighted by Crippen LogP contribution is 2.59. The Labute approximate surface area is 674 Å². The van der Waals surface area contributed by atoms with Crippen LogP contribution in [0.1, 0.15) is 119 Å². The molecule has 0 saturated heterocycles. The van der Waals surface area contributed by atoms with Gasteiger partial charge in [-0.25, -0.2) is 19.2 Å². The summed E-state index contributed by atoms with van der Waals surface area (Å²) in [4.78, 5) is 151. The Morgan fingerprint density at radius 1 is 0.333 bits per heavy atom. The van der Waals surface area contributed by atoms with Crippen molar-refractivity contribution < 1.29 is 139 Å². The van der Waals surface area contributed by atoms with E-state index in [-0.39, 0.29) is 22.3 Å². The van der Waals surface area contributed by atoms with Crippen LogP contribution in [0.5, 0.6) is 46.0 Å². The molecular formula is C86H72F12N4O18. The van der Waals surface area contributed by atoms with Crippen molar-refractivity contribution in [2.45, 2.75) is 92.2 Å². The van der Waals surface area contributed by atoms with Gasteiger partial charge in [-0.05, 0) is 137 Å². The normalized spacial score (nSPS) is 13.6. The molecule has 2 aliphatic rings. The summed E-state index contributed by atoms with van der Waals surface area (Å²) < 4.78 is 228. The molecule has 11 rings (SSSR count). The summed E-state index contributed by atoms with van der Waals surface area (Å²) in [5, 5.41) is -4.96. The van der Waals surface area contributed by atoms with Gasteiger partial charge in [-0.1, -0.05) is 78.3 Å². The number of alkyl halides is 12. The van der Waals surface area contributed by atoms with Crippen molar-refractivity contribution in [2.24, 2.45) is 11.8 Å². The highest BCUT2D eigenvalue weighted by molar-refractivity contribution is 6.45. The number of carbonyl (C=O) groups excluding carboxylic acids is 10. The molecule has 0 N–H and O–H groups in total. The fourth-order valence-electron chi connectivity index (χ4n) is 13.7. The van der Waals surface area contributed by atoms with Crippen LogP contribution in [0.4, 0.5) is 52.7 Å². The van der Waals surface area contributed by atoms with E-state index in [1.165, 1.54) is 55.4 Å². The number of esters is 4. The molecule has 0 radical (unpaired) electrons. The molecule has 2 aliphatic heterocycles. The van der Waals surface area contributed by atoms with E-state index in [4.69, 9.17) is 37.9 Å². The Bertz CT molecular complexity index is 5130. The van der Waals surface area contributed by atoms with Crippen LogP contribution in [0.15, 0.2) is 170 Å². The van der Waals surface area contributed by atoms with Crippen LogP contribution < -0.4 is 18.9 Å². The van der Waals surface area contributed by atoms with Crippen LogP contribution in [0, 0.1) is 11.8 Å². The molecule has 0 saturated carbocycles. The Balaban J connectivity index is 1.32. The smallest absolute Gasteiger partial charge is 0.416 e. The highest BCUT2D eigenvalue weighted by Gasteiger charge is 2.49. The second-order valence-corrected chi connectivity index (χ2v) is 28.9. The first kappa shape index (κ1) is 87.5. The minimum Gasteiger partial charge on any atom is -0.460 e. The van der Waals surface area contributed by atoms with E-state index in [0.717, 1.165) is 82.6 Å². The maximum absolute atomic E-state index is 16.4. The van der Waals surface area contributed by atoms with Crippen molar-refractivity contribution in [2.75, 3.05) is 52.6 Å². The minimum absolute atomic E-state index is 0.0777. The molecule has 120 heavy (non-hydrogen) atoms. The lowest BCUT2D eigenvalue weighted by molar-refractivity contribution is -0.146. The number of amides is 6. The van der Waals surface area contributed by atoms with Crippen LogP contribution in [0.25, 0.3) is 43.1 Å². The molecule has 0 bridgehead atoms. The topological polar surface area (TPSA) is 258 Å². The second-order valence-electron chi connectivity index (χ2n) is 28.9. The van der Waals surface area contributed by atoms with Crippen molar-refractivity contribution >= 4 is 102 Å². The summed E-state index contributed by atoms with van der Waals surface area (Å²) in [6.07, 6.45) is -20.7. The fourth-order valence-corrected chi connectivity index (χ4v) is 13.7.